The first-order valence-electron chi connectivity index (χ1n) is 25.1. The van der Waals surface area contributed by atoms with Gasteiger partial charge in [0, 0.05) is 5.56 Å². The van der Waals surface area contributed by atoms with Crippen molar-refractivity contribution in [3.05, 3.63) is 207 Å². The van der Waals surface area contributed by atoms with E-state index in [0.717, 1.165) is 0 Å². The fraction of sp³-hybridized carbons (Fsp3) is 0.263. The Morgan fingerprint density at radius 1 is 0.437 bits per heavy atom. The van der Waals surface area contributed by atoms with Crippen LogP contribution in [0.25, 0.3) is 0 Å². The van der Waals surface area contributed by atoms with Gasteiger partial charge in [-0.2, -0.15) is 132 Å². The maximum Gasteiger partial charge on any atom is 0.416 e. The normalized spacial score (nSPS) is 14.3. The van der Waals surface area contributed by atoms with Crippen molar-refractivity contribution in [3.63, 3.8) is 0 Å². The third-order valence-corrected chi connectivity index (χ3v) is 14.1. The summed E-state index contributed by atoms with van der Waals surface area (Å²) in [6, 6.07) is 7.99. The van der Waals surface area contributed by atoms with Crippen molar-refractivity contribution in [1.82, 2.24) is 4.98 Å². The lowest BCUT2D eigenvalue weighted by Crippen LogP contribution is -2.75. The van der Waals surface area contributed by atoms with Crippen LogP contribution in [-0.4, -0.2) is 22.9 Å². The number of Topliss-reactive ketones (excluding diaryl/α,β-unsaturated/α-hetero) is 1. The molecule has 6 aromatic carbocycles. The van der Waals surface area contributed by atoms with Gasteiger partial charge in [-0.15, -0.1) is 0 Å². The van der Waals surface area contributed by atoms with Crippen LogP contribution >= 0.6 is 0 Å². The lowest BCUT2D eigenvalue weighted by atomic mass is 9.12. The highest BCUT2D eigenvalue weighted by Crippen LogP contribution is 2.42. The molecule has 1 heterocycles. The summed E-state index contributed by atoms with van der Waals surface area (Å²) in [5, 5.41) is 0. The van der Waals surface area contributed by atoms with E-state index in [2.05, 4.69) is 17.1 Å². The van der Waals surface area contributed by atoms with E-state index in [1.807, 2.05) is 30.3 Å². The molecule has 30 heteroatoms. The van der Waals surface area contributed by atoms with E-state index in [9.17, 15) is 115 Å². The zero-order chi connectivity index (χ0) is 64.7. The second-order valence-corrected chi connectivity index (χ2v) is 19.9. The van der Waals surface area contributed by atoms with E-state index in [4.69, 9.17) is 4.74 Å². The first-order chi connectivity index (χ1) is 40.0. The molecule has 0 unspecified atom stereocenters. The monoisotopic (exact) mass is 1260 g/mol. The molecular weight excluding hydrogens is 1230 g/mol. The quantitative estimate of drug-likeness (QED) is 0.0342. The van der Waals surface area contributed by atoms with E-state index in [-0.39, 0.29) is 18.0 Å². The number of alkyl halides is 24. The first kappa shape index (κ1) is 66.5. The molecule has 0 amide bonds. The number of carbonyl (C=O) groups is 2. The Labute approximate surface area is 475 Å². The SMILES string of the molecule is FC(F)(F)c1cc([B-](c2cc(C(F)(F)F)cc(C(F)(F)F)c2)(c2cc(C(F)(F)F)cc(C(F)(F)F)c2)c2cc(C(F)(F)F)cc(C(F)(F)F)c2)cc(C(F)(F)F)c1.O=C(C[n+]1ccncc1C(=O)Oc1ccc(C2CCCCC2)cc1)c1ccccc1. The minimum absolute atomic E-state index is 0.0393. The molecule has 87 heavy (non-hydrogen) atoms. The van der Waals surface area contributed by atoms with Crippen LogP contribution in [0.1, 0.15) is 109 Å². The Morgan fingerprint density at radius 2 is 0.759 bits per heavy atom. The van der Waals surface area contributed by atoms with Crippen LogP contribution in [0.3, 0.4) is 0 Å². The molecule has 5 nitrogen and oxygen atoms in total. The average molecular weight is 1260 g/mol. The first-order valence-corrected chi connectivity index (χ1v) is 25.1. The summed E-state index contributed by atoms with van der Waals surface area (Å²) in [4.78, 5) is 29.3. The number of benzene rings is 6. The summed E-state index contributed by atoms with van der Waals surface area (Å²) in [6.45, 7) is 0.0393. The van der Waals surface area contributed by atoms with Crippen molar-refractivity contribution in [2.75, 3.05) is 0 Å². The molecule has 8 rings (SSSR count). The average Bonchev–Trinajstić information content (AvgIpc) is 0.720. The Morgan fingerprint density at radius 3 is 1.07 bits per heavy atom. The molecule has 0 atom stereocenters. The van der Waals surface area contributed by atoms with Crippen LogP contribution in [0.4, 0.5) is 105 Å². The van der Waals surface area contributed by atoms with Crippen molar-refractivity contribution < 1.29 is 124 Å². The van der Waals surface area contributed by atoms with Crippen LogP contribution in [0.15, 0.2) is 146 Å². The predicted molar refractivity (Wildman–Crippen MR) is 263 cm³/mol. The van der Waals surface area contributed by atoms with E-state index >= 15 is 0 Å². The minimum Gasteiger partial charge on any atom is -0.419 e. The molecule has 464 valence electrons. The smallest absolute Gasteiger partial charge is 0.416 e. The third kappa shape index (κ3) is 15.7. The molecule has 0 aliphatic heterocycles. The number of rotatable bonds is 10. The number of esters is 1. The Bertz CT molecular complexity index is 3180. The number of carbonyl (C=O) groups excluding carboxylic acids is 2. The van der Waals surface area contributed by atoms with Crippen LogP contribution in [0.5, 0.6) is 5.75 Å². The predicted octanol–water partition coefficient (Wildman–Crippen LogP) is 15.7. The molecule has 7 aromatic rings. The summed E-state index contributed by atoms with van der Waals surface area (Å²) in [5.74, 6) is 0.476. The number of ketones is 1. The minimum atomic E-state index is -6.13. The number of hydrogen-bond donors (Lipinski definition) is 0. The summed E-state index contributed by atoms with van der Waals surface area (Å²) in [6.07, 6.45) is -43.9. The second kappa shape index (κ2) is 24.2. The van der Waals surface area contributed by atoms with Gasteiger partial charge in [0.25, 0.3) is 0 Å². The Kier molecular flexibility index (Phi) is 18.5. The molecule has 1 aliphatic carbocycles. The van der Waals surface area contributed by atoms with Crippen molar-refractivity contribution in [2.45, 2.75) is 94.0 Å². The van der Waals surface area contributed by atoms with Crippen molar-refractivity contribution in [1.29, 1.82) is 0 Å². The molecule has 1 saturated carbocycles. The maximum absolute atomic E-state index is 14.2. The molecule has 1 aromatic heterocycles. The van der Waals surface area contributed by atoms with Gasteiger partial charge in [-0.3, -0.25) is 9.78 Å². The highest BCUT2D eigenvalue weighted by atomic mass is 19.4. The summed E-state index contributed by atoms with van der Waals surface area (Å²) >= 11 is 0. The molecule has 1 fully saturated rings. The zero-order valence-electron chi connectivity index (χ0n) is 43.4. The molecule has 0 N–H and O–H groups in total. The lowest BCUT2D eigenvalue weighted by molar-refractivity contribution is -0.686. The fourth-order valence-corrected chi connectivity index (χ4v) is 10.0. The molecule has 0 saturated heterocycles. The third-order valence-electron chi connectivity index (χ3n) is 14.1. The molecular formula is C57H37BF24N2O3. The van der Waals surface area contributed by atoms with Crippen molar-refractivity contribution in [2.24, 2.45) is 0 Å². The Balaban J connectivity index is 0.000000300. The fourth-order valence-electron chi connectivity index (χ4n) is 10.0. The number of aromatic nitrogens is 2. The van der Waals surface area contributed by atoms with Crippen LogP contribution in [0.2, 0.25) is 0 Å². The maximum atomic E-state index is 14.2. The van der Waals surface area contributed by atoms with E-state index in [1.54, 1.807) is 29.1 Å². The summed E-state index contributed by atoms with van der Waals surface area (Å²) < 4.78 is 348. The van der Waals surface area contributed by atoms with Crippen LogP contribution < -0.4 is 31.2 Å². The highest BCUT2D eigenvalue weighted by Gasteiger charge is 2.47. The molecule has 1 aliphatic rings. The van der Waals surface area contributed by atoms with Gasteiger partial charge in [0.05, 0.1) is 50.7 Å². The van der Waals surface area contributed by atoms with Gasteiger partial charge < -0.3 is 4.74 Å². The van der Waals surface area contributed by atoms with Gasteiger partial charge >= 0.3 is 61.1 Å². The van der Waals surface area contributed by atoms with Gasteiger partial charge in [-0.1, -0.05) is 110 Å². The van der Waals surface area contributed by atoms with Crippen molar-refractivity contribution in [3.8, 4) is 5.75 Å². The highest BCUT2D eigenvalue weighted by molar-refractivity contribution is 7.20. The lowest BCUT2D eigenvalue weighted by Gasteiger charge is -2.46. The van der Waals surface area contributed by atoms with Gasteiger partial charge in [0.2, 0.25) is 12.3 Å². The van der Waals surface area contributed by atoms with Gasteiger partial charge in [0.15, 0.2) is 6.20 Å². The molecule has 0 radical (unpaired) electrons. The molecule has 0 bridgehead atoms. The molecule has 0 spiro atoms. The number of ether oxygens (including phenoxy) is 1. The Hall–Kier alpha value is -8.08. The van der Waals surface area contributed by atoms with Crippen molar-refractivity contribution >= 4 is 39.7 Å². The number of nitrogens with zero attached hydrogens (tertiary/aromatic N) is 2. The number of hydrogen-bond acceptors (Lipinski definition) is 4. The van der Waals surface area contributed by atoms with E-state index in [0.29, 0.717) is 17.2 Å². The van der Waals surface area contributed by atoms with E-state index < -0.39 is 201 Å². The second-order valence-electron chi connectivity index (χ2n) is 19.9. The van der Waals surface area contributed by atoms with Crippen LogP contribution in [-0.2, 0) is 56.0 Å². The van der Waals surface area contributed by atoms with Gasteiger partial charge in [-0.05, 0) is 60.7 Å². The van der Waals surface area contributed by atoms with Crippen LogP contribution in [0, 0.1) is 0 Å². The van der Waals surface area contributed by atoms with Gasteiger partial charge in [0.1, 0.15) is 18.1 Å². The number of halogens is 24. The standard InChI is InChI=1S/C32H12BF24.C25H25N2O3/c34-25(35,36)13-1-14(26(37,38)39)6-21(5-13)33(22-7-15(27(40,41)42)2-16(8-22)28(43,44)45,23-9-17(29(46,47)48)3-18(10-23)30(49,50)51)24-11-19(31(52,53)54)4-20(12-24)32(55,56)57;28-24(21-9-5-2-6-10-21)18-27-16-15-26-17-23(27)25(29)30-22-13-11-20(12-14-22)19-7-3-1-4-8-19/h1-12H;2,5-6,9-17,19H,1,3-4,7-8,18H2/q-1;+1. The topological polar surface area (TPSA) is 60.1 Å². The zero-order valence-corrected chi connectivity index (χ0v) is 43.4. The largest absolute Gasteiger partial charge is 0.419 e. The van der Waals surface area contributed by atoms with E-state index in [1.165, 1.54) is 43.9 Å². The summed E-state index contributed by atoms with van der Waals surface area (Å²) in [7, 11) is 0. The van der Waals surface area contributed by atoms with Gasteiger partial charge in [-0.25, -0.2) is 4.79 Å². The summed E-state index contributed by atoms with van der Waals surface area (Å²) in [5.41, 5.74) is -28.1.